The van der Waals surface area contributed by atoms with Crippen molar-refractivity contribution in [2.24, 2.45) is 0 Å². The molecule has 1 unspecified atom stereocenters. The lowest BCUT2D eigenvalue weighted by molar-refractivity contribution is -0.115. The fourth-order valence-electron chi connectivity index (χ4n) is 2.93. The lowest BCUT2D eigenvalue weighted by atomic mass is 10.1. The highest BCUT2D eigenvalue weighted by atomic mass is 32.2. The summed E-state index contributed by atoms with van der Waals surface area (Å²) in [4.78, 5) is 12.7. The van der Waals surface area contributed by atoms with Crippen molar-refractivity contribution in [3.63, 3.8) is 0 Å². The number of ether oxygens (including phenoxy) is 1. The molecule has 3 aromatic rings. The van der Waals surface area contributed by atoms with Gasteiger partial charge in [0.2, 0.25) is 5.91 Å². The Labute approximate surface area is 185 Å². The lowest BCUT2D eigenvalue weighted by Crippen LogP contribution is -2.23. The van der Waals surface area contributed by atoms with E-state index in [1.807, 2.05) is 39.0 Å². The van der Waals surface area contributed by atoms with E-state index >= 15 is 0 Å². The number of halogens is 1. The second-order valence-corrected chi connectivity index (χ2v) is 8.39. The van der Waals surface area contributed by atoms with E-state index in [1.165, 1.54) is 17.8 Å². The minimum Gasteiger partial charge on any atom is -0.483 e. The minimum atomic E-state index is -0.441. The van der Waals surface area contributed by atoms with Gasteiger partial charge in [0.25, 0.3) is 0 Å². The Morgan fingerprint density at radius 1 is 1.29 bits per heavy atom. The monoisotopic (exact) mass is 440 g/mol. The van der Waals surface area contributed by atoms with E-state index < -0.39 is 11.1 Å². The summed E-state index contributed by atoms with van der Waals surface area (Å²) in [7, 11) is 0. The van der Waals surface area contributed by atoms with Gasteiger partial charge in [-0.25, -0.2) is 4.39 Å². The summed E-state index contributed by atoms with van der Waals surface area (Å²) < 4.78 is 21.2. The van der Waals surface area contributed by atoms with Gasteiger partial charge in [-0.15, -0.1) is 16.8 Å². The number of nitrogens with zero attached hydrogens (tertiary/aromatic N) is 3. The first-order valence-corrected chi connectivity index (χ1v) is 10.7. The van der Waals surface area contributed by atoms with Crippen LogP contribution in [0.5, 0.6) is 5.75 Å². The van der Waals surface area contributed by atoms with Crippen molar-refractivity contribution in [2.75, 3.05) is 5.32 Å². The minimum absolute atomic E-state index is 0.0471. The standard InChI is InChI=1S/C23H25FN4O2S/c1-5-12-28-21(14-30-20-9-7-6-8-18(20)24)26-27-23(28)31-17(4)22(29)25-19-11-10-15(2)13-16(19)3/h5-11,13,17H,1,12,14H2,2-4H3,(H,25,29). The van der Waals surface area contributed by atoms with Gasteiger partial charge >= 0.3 is 0 Å². The molecule has 0 saturated carbocycles. The van der Waals surface area contributed by atoms with Crippen LogP contribution in [-0.4, -0.2) is 25.9 Å². The van der Waals surface area contributed by atoms with Gasteiger partial charge in [0.05, 0.1) is 5.25 Å². The molecular formula is C23H25FN4O2S. The maximum atomic E-state index is 13.8. The largest absolute Gasteiger partial charge is 0.483 e. The lowest BCUT2D eigenvalue weighted by Gasteiger charge is -2.14. The van der Waals surface area contributed by atoms with Crippen LogP contribution in [0.15, 0.2) is 60.3 Å². The van der Waals surface area contributed by atoms with Gasteiger partial charge in [-0.2, -0.15) is 0 Å². The molecule has 0 aliphatic heterocycles. The summed E-state index contributed by atoms with van der Waals surface area (Å²) in [5, 5.41) is 11.5. The van der Waals surface area contributed by atoms with Crippen LogP contribution in [0.25, 0.3) is 0 Å². The molecule has 6 nitrogen and oxygen atoms in total. The molecule has 8 heteroatoms. The number of aryl methyl sites for hydroxylation is 2. The van der Waals surface area contributed by atoms with Gasteiger partial charge in [0.15, 0.2) is 22.5 Å². The molecule has 0 fully saturated rings. The van der Waals surface area contributed by atoms with Crippen LogP contribution in [-0.2, 0) is 17.9 Å². The summed E-state index contributed by atoms with van der Waals surface area (Å²) in [6.45, 7) is 10.0. The van der Waals surface area contributed by atoms with Gasteiger partial charge in [0, 0.05) is 12.2 Å². The second-order valence-electron chi connectivity index (χ2n) is 7.08. The topological polar surface area (TPSA) is 69.0 Å². The molecule has 0 aliphatic carbocycles. The number of allylic oxidation sites excluding steroid dienone is 1. The maximum absolute atomic E-state index is 13.8. The molecule has 1 amide bonds. The molecule has 0 aliphatic rings. The smallest absolute Gasteiger partial charge is 0.237 e. The van der Waals surface area contributed by atoms with E-state index in [4.69, 9.17) is 4.74 Å². The molecule has 2 aromatic carbocycles. The van der Waals surface area contributed by atoms with E-state index in [-0.39, 0.29) is 18.3 Å². The summed E-state index contributed by atoms with van der Waals surface area (Å²) >= 11 is 1.29. The van der Waals surface area contributed by atoms with Crippen LogP contribution in [0, 0.1) is 19.7 Å². The average Bonchev–Trinajstić information content (AvgIpc) is 3.11. The number of rotatable bonds is 9. The number of hydrogen-bond acceptors (Lipinski definition) is 5. The van der Waals surface area contributed by atoms with Crippen LogP contribution in [0.4, 0.5) is 10.1 Å². The Kier molecular flexibility index (Phi) is 7.46. The zero-order valence-corrected chi connectivity index (χ0v) is 18.6. The number of anilines is 1. The molecule has 1 aromatic heterocycles. The molecule has 0 radical (unpaired) electrons. The number of carbonyl (C=O) groups is 1. The Hall–Kier alpha value is -3.13. The van der Waals surface area contributed by atoms with Crippen molar-refractivity contribution in [3.05, 3.63) is 77.9 Å². The number of para-hydroxylation sites is 1. The molecule has 0 saturated heterocycles. The highest BCUT2D eigenvalue weighted by molar-refractivity contribution is 8.00. The first-order chi connectivity index (χ1) is 14.9. The van der Waals surface area contributed by atoms with Crippen molar-refractivity contribution in [1.29, 1.82) is 0 Å². The van der Waals surface area contributed by atoms with Gasteiger partial charge in [-0.05, 0) is 44.5 Å². The number of aromatic nitrogens is 3. The van der Waals surface area contributed by atoms with Gasteiger partial charge in [0.1, 0.15) is 6.61 Å². The molecule has 1 atom stereocenters. The number of hydrogen-bond donors (Lipinski definition) is 1. The van der Waals surface area contributed by atoms with Crippen molar-refractivity contribution in [2.45, 2.75) is 44.3 Å². The van der Waals surface area contributed by atoms with Crippen molar-refractivity contribution >= 4 is 23.4 Å². The third kappa shape index (κ3) is 5.73. The Bertz CT molecular complexity index is 1080. The molecule has 1 heterocycles. The molecule has 31 heavy (non-hydrogen) atoms. The van der Waals surface area contributed by atoms with Crippen LogP contribution in [0.2, 0.25) is 0 Å². The molecule has 3 rings (SSSR count). The highest BCUT2D eigenvalue weighted by Gasteiger charge is 2.21. The van der Waals surface area contributed by atoms with Gasteiger partial charge in [-0.3, -0.25) is 9.36 Å². The predicted octanol–water partition coefficient (Wildman–Crippen LogP) is 4.92. The normalized spacial score (nSPS) is 11.7. The second kappa shape index (κ2) is 10.3. The molecular weight excluding hydrogens is 415 g/mol. The zero-order valence-electron chi connectivity index (χ0n) is 17.8. The Morgan fingerprint density at radius 3 is 2.77 bits per heavy atom. The SMILES string of the molecule is C=CCn1c(COc2ccccc2F)nnc1SC(C)C(=O)Nc1ccc(C)cc1C. The van der Waals surface area contributed by atoms with Crippen molar-refractivity contribution in [1.82, 2.24) is 14.8 Å². The number of thioether (sulfide) groups is 1. The number of amides is 1. The van der Waals surface area contributed by atoms with Crippen LogP contribution in [0.3, 0.4) is 0 Å². The Balaban J connectivity index is 1.69. The van der Waals surface area contributed by atoms with Crippen LogP contribution in [0.1, 0.15) is 23.9 Å². The van der Waals surface area contributed by atoms with Crippen LogP contribution < -0.4 is 10.1 Å². The molecule has 1 N–H and O–H groups in total. The number of nitrogens with one attached hydrogen (secondary N) is 1. The predicted molar refractivity (Wildman–Crippen MR) is 121 cm³/mol. The zero-order chi connectivity index (χ0) is 22.4. The average molecular weight is 441 g/mol. The summed E-state index contributed by atoms with van der Waals surface area (Å²) in [5.74, 6) is 0.0940. The van der Waals surface area contributed by atoms with E-state index in [0.717, 1.165) is 16.8 Å². The maximum Gasteiger partial charge on any atom is 0.237 e. The molecule has 0 bridgehead atoms. The third-order valence-corrected chi connectivity index (χ3v) is 5.67. The first-order valence-electron chi connectivity index (χ1n) is 9.84. The van der Waals surface area contributed by atoms with E-state index in [9.17, 15) is 9.18 Å². The van der Waals surface area contributed by atoms with Gasteiger partial charge < -0.3 is 10.1 Å². The molecule has 0 spiro atoms. The van der Waals surface area contributed by atoms with E-state index in [0.29, 0.717) is 17.5 Å². The number of carbonyl (C=O) groups excluding carboxylic acids is 1. The summed E-state index contributed by atoms with van der Waals surface area (Å²) in [5.41, 5.74) is 2.93. The van der Waals surface area contributed by atoms with E-state index in [1.54, 1.807) is 28.8 Å². The van der Waals surface area contributed by atoms with E-state index in [2.05, 4.69) is 22.1 Å². The van der Waals surface area contributed by atoms with Crippen molar-refractivity contribution < 1.29 is 13.9 Å². The quantitative estimate of drug-likeness (QED) is 0.378. The fourth-order valence-corrected chi connectivity index (χ4v) is 3.81. The highest BCUT2D eigenvalue weighted by Crippen LogP contribution is 2.25. The fraction of sp³-hybridized carbons (Fsp3) is 0.261. The third-order valence-electron chi connectivity index (χ3n) is 4.59. The van der Waals surface area contributed by atoms with Crippen molar-refractivity contribution in [3.8, 4) is 5.75 Å². The number of benzene rings is 2. The summed E-state index contributed by atoms with van der Waals surface area (Å²) in [6, 6.07) is 12.1. The first kappa shape index (κ1) is 22.6. The van der Waals surface area contributed by atoms with Gasteiger partial charge in [-0.1, -0.05) is 47.7 Å². The Morgan fingerprint density at radius 2 is 2.06 bits per heavy atom. The molecule has 162 valence electrons. The summed E-state index contributed by atoms with van der Waals surface area (Å²) in [6.07, 6.45) is 1.71. The van der Waals surface area contributed by atoms with Crippen LogP contribution >= 0.6 is 11.8 Å².